The molecule has 1 saturated heterocycles. The largest absolute Gasteiger partial charge is 0.416 e. The molecule has 1 amide bonds. The number of carbonyl (C=O) groups is 1. The number of β-amino-alcohol motifs (C(OH)–C–C–N with tert-alkyl or cyclic N) is 1. The van der Waals surface area contributed by atoms with E-state index >= 15 is 0 Å². The summed E-state index contributed by atoms with van der Waals surface area (Å²) in [6.07, 6.45) is -3.53. The zero-order valence-electron chi connectivity index (χ0n) is 13.1. The summed E-state index contributed by atoms with van der Waals surface area (Å²) in [4.78, 5) is 12.1. The lowest BCUT2D eigenvalue weighted by atomic mass is 10.1. The van der Waals surface area contributed by atoms with Gasteiger partial charge in [-0.3, -0.25) is 4.79 Å². The smallest absolute Gasteiger partial charge is 0.391 e. The molecule has 1 aliphatic rings. The average Bonchev–Trinajstić information content (AvgIpc) is 3.21. The first kappa shape index (κ1) is 17.4. The number of alkyl halides is 3. The molecular weight excluding hydrogens is 337 g/mol. The fraction of sp³-hybridized carbons (Fsp3) is 0.375. The van der Waals surface area contributed by atoms with Crippen LogP contribution in [0.15, 0.2) is 36.5 Å². The van der Waals surface area contributed by atoms with Crippen molar-refractivity contribution in [2.45, 2.75) is 12.3 Å². The van der Waals surface area contributed by atoms with Crippen molar-refractivity contribution >= 4 is 5.91 Å². The molecule has 1 fully saturated rings. The summed E-state index contributed by atoms with van der Waals surface area (Å²) in [5, 5.41) is 19.4. The SMILES string of the molecule is O=C(NCC1CNCC1O)c1ccn(-c2cccc(C(F)(F)F)c2)n1. The van der Waals surface area contributed by atoms with Crippen LogP contribution in [0, 0.1) is 5.92 Å². The van der Waals surface area contributed by atoms with Crippen LogP contribution in [0.1, 0.15) is 16.1 Å². The van der Waals surface area contributed by atoms with Crippen LogP contribution < -0.4 is 10.6 Å². The van der Waals surface area contributed by atoms with Crippen LogP contribution in [0.5, 0.6) is 0 Å². The van der Waals surface area contributed by atoms with Gasteiger partial charge in [0.1, 0.15) is 0 Å². The Bertz CT molecular complexity index is 760. The van der Waals surface area contributed by atoms with Crippen LogP contribution in [0.3, 0.4) is 0 Å². The predicted octanol–water partition coefficient (Wildman–Crippen LogP) is 1.20. The summed E-state index contributed by atoms with van der Waals surface area (Å²) in [5.74, 6) is -0.515. The molecule has 1 aliphatic heterocycles. The molecule has 3 N–H and O–H groups in total. The second-order valence-corrected chi connectivity index (χ2v) is 5.89. The van der Waals surface area contributed by atoms with E-state index in [0.29, 0.717) is 19.6 Å². The highest BCUT2D eigenvalue weighted by Gasteiger charge is 2.30. The highest BCUT2D eigenvalue weighted by atomic mass is 19.4. The van der Waals surface area contributed by atoms with Gasteiger partial charge in [0, 0.05) is 31.7 Å². The third kappa shape index (κ3) is 3.99. The number of hydrogen-bond acceptors (Lipinski definition) is 4. The van der Waals surface area contributed by atoms with Crippen LogP contribution >= 0.6 is 0 Å². The minimum absolute atomic E-state index is 0.0745. The molecule has 0 radical (unpaired) electrons. The molecule has 25 heavy (non-hydrogen) atoms. The number of nitrogens with one attached hydrogen (secondary N) is 2. The lowest BCUT2D eigenvalue weighted by Gasteiger charge is -2.13. The molecule has 1 aromatic carbocycles. The van der Waals surface area contributed by atoms with Gasteiger partial charge >= 0.3 is 6.18 Å². The molecule has 2 atom stereocenters. The topological polar surface area (TPSA) is 79.2 Å². The minimum Gasteiger partial charge on any atom is -0.391 e. The zero-order chi connectivity index (χ0) is 18.0. The Labute approximate surface area is 141 Å². The van der Waals surface area contributed by atoms with Crippen LogP contribution in [-0.2, 0) is 6.18 Å². The number of nitrogens with zero attached hydrogens (tertiary/aromatic N) is 2. The van der Waals surface area contributed by atoms with E-state index in [0.717, 1.165) is 12.1 Å². The molecule has 9 heteroatoms. The highest BCUT2D eigenvalue weighted by molar-refractivity contribution is 5.92. The Hall–Kier alpha value is -2.39. The second-order valence-electron chi connectivity index (χ2n) is 5.89. The molecule has 0 aliphatic carbocycles. The van der Waals surface area contributed by atoms with Crippen LogP contribution in [-0.4, -0.2) is 46.5 Å². The van der Waals surface area contributed by atoms with E-state index in [1.54, 1.807) is 0 Å². The van der Waals surface area contributed by atoms with Crippen molar-refractivity contribution in [1.29, 1.82) is 0 Å². The normalized spacial score (nSPS) is 20.6. The van der Waals surface area contributed by atoms with E-state index in [-0.39, 0.29) is 17.3 Å². The summed E-state index contributed by atoms with van der Waals surface area (Å²) in [6.45, 7) is 1.40. The Morgan fingerprint density at radius 2 is 2.16 bits per heavy atom. The van der Waals surface area contributed by atoms with Crippen molar-refractivity contribution in [2.24, 2.45) is 5.92 Å². The number of carbonyl (C=O) groups excluding carboxylic acids is 1. The first-order valence-electron chi connectivity index (χ1n) is 7.75. The lowest BCUT2D eigenvalue weighted by molar-refractivity contribution is -0.137. The number of hydrogen-bond donors (Lipinski definition) is 3. The van der Waals surface area contributed by atoms with Gasteiger partial charge in [-0.15, -0.1) is 0 Å². The lowest BCUT2D eigenvalue weighted by Crippen LogP contribution is -2.34. The molecule has 2 unspecified atom stereocenters. The van der Waals surface area contributed by atoms with E-state index < -0.39 is 23.8 Å². The van der Waals surface area contributed by atoms with Gasteiger partial charge in [-0.2, -0.15) is 18.3 Å². The Morgan fingerprint density at radius 3 is 2.84 bits per heavy atom. The van der Waals surface area contributed by atoms with Gasteiger partial charge in [0.15, 0.2) is 5.69 Å². The molecule has 0 spiro atoms. The molecule has 6 nitrogen and oxygen atoms in total. The van der Waals surface area contributed by atoms with Gasteiger partial charge in [0.05, 0.1) is 17.4 Å². The van der Waals surface area contributed by atoms with Gasteiger partial charge < -0.3 is 15.7 Å². The van der Waals surface area contributed by atoms with Crippen molar-refractivity contribution in [3.63, 3.8) is 0 Å². The molecule has 1 aromatic heterocycles. The third-order valence-electron chi connectivity index (χ3n) is 4.09. The Morgan fingerprint density at radius 1 is 1.36 bits per heavy atom. The van der Waals surface area contributed by atoms with E-state index in [2.05, 4.69) is 15.7 Å². The molecular formula is C16H17F3N4O2. The molecule has 2 heterocycles. The van der Waals surface area contributed by atoms with Gasteiger partial charge in [0.2, 0.25) is 0 Å². The van der Waals surface area contributed by atoms with E-state index in [1.165, 1.54) is 29.1 Å². The summed E-state index contributed by atoms with van der Waals surface area (Å²) in [7, 11) is 0. The van der Waals surface area contributed by atoms with Gasteiger partial charge in [-0.25, -0.2) is 4.68 Å². The second kappa shape index (κ2) is 6.85. The van der Waals surface area contributed by atoms with Crippen molar-refractivity contribution in [3.05, 3.63) is 47.8 Å². The van der Waals surface area contributed by atoms with Crippen molar-refractivity contribution in [3.8, 4) is 5.69 Å². The van der Waals surface area contributed by atoms with Crippen LogP contribution in [0.25, 0.3) is 5.69 Å². The maximum atomic E-state index is 12.8. The molecule has 0 bridgehead atoms. The predicted molar refractivity (Wildman–Crippen MR) is 83.3 cm³/mol. The summed E-state index contributed by atoms with van der Waals surface area (Å²) in [6, 6.07) is 6.13. The number of aromatic nitrogens is 2. The third-order valence-corrected chi connectivity index (χ3v) is 4.09. The van der Waals surface area contributed by atoms with Crippen molar-refractivity contribution in [2.75, 3.05) is 19.6 Å². The maximum absolute atomic E-state index is 12.8. The van der Waals surface area contributed by atoms with Gasteiger partial charge in [-0.1, -0.05) is 6.07 Å². The highest BCUT2D eigenvalue weighted by Crippen LogP contribution is 2.30. The van der Waals surface area contributed by atoms with Gasteiger partial charge in [0.25, 0.3) is 5.91 Å². The minimum atomic E-state index is -4.44. The average molecular weight is 354 g/mol. The Balaban J connectivity index is 1.68. The molecule has 3 rings (SSSR count). The van der Waals surface area contributed by atoms with E-state index in [4.69, 9.17) is 0 Å². The fourth-order valence-electron chi connectivity index (χ4n) is 2.66. The summed E-state index contributed by atoms with van der Waals surface area (Å²) < 4.78 is 39.6. The molecule has 2 aromatic rings. The molecule has 0 saturated carbocycles. The molecule has 134 valence electrons. The van der Waals surface area contributed by atoms with Crippen molar-refractivity contribution < 1.29 is 23.1 Å². The van der Waals surface area contributed by atoms with E-state index in [9.17, 15) is 23.1 Å². The van der Waals surface area contributed by atoms with Crippen molar-refractivity contribution in [1.82, 2.24) is 20.4 Å². The number of rotatable bonds is 4. The van der Waals surface area contributed by atoms with Gasteiger partial charge in [-0.05, 0) is 24.3 Å². The number of aliphatic hydroxyl groups excluding tert-OH is 1. The fourth-order valence-corrected chi connectivity index (χ4v) is 2.66. The first-order valence-corrected chi connectivity index (χ1v) is 7.75. The monoisotopic (exact) mass is 354 g/mol. The van der Waals surface area contributed by atoms with E-state index in [1.807, 2.05) is 0 Å². The van der Waals surface area contributed by atoms with Crippen LogP contribution in [0.2, 0.25) is 0 Å². The van der Waals surface area contributed by atoms with Crippen LogP contribution in [0.4, 0.5) is 13.2 Å². The number of amides is 1. The zero-order valence-corrected chi connectivity index (χ0v) is 13.1. The first-order chi connectivity index (χ1) is 11.8. The number of benzene rings is 1. The number of halogens is 3. The quantitative estimate of drug-likeness (QED) is 0.771. The summed E-state index contributed by atoms with van der Waals surface area (Å²) in [5.41, 5.74) is -0.476. The number of aliphatic hydroxyl groups is 1. The Kier molecular flexibility index (Phi) is 4.78. The standard InChI is InChI=1S/C16H17F3N4O2/c17-16(18,19)11-2-1-3-12(6-11)23-5-4-13(22-23)15(25)21-8-10-7-20-9-14(10)24/h1-6,10,14,20,24H,7-9H2,(H,21,25). The maximum Gasteiger partial charge on any atom is 0.416 e. The summed E-state index contributed by atoms with van der Waals surface area (Å²) >= 11 is 0.